The molecule has 2 N–H and O–H groups in total. The van der Waals surface area contributed by atoms with Gasteiger partial charge in [-0.15, -0.1) is 0 Å². The first-order valence-electron chi connectivity index (χ1n) is 17.3. The Labute approximate surface area is 277 Å². The maximum Gasteiger partial charge on any atom is 0.336 e. The first-order valence-corrected chi connectivity index (χ1v) is 17.3. The summed E-state index contributed by atoms with van der Waals surface area (Å²) in [5.74, 6) is -1.33. The van der Waals surface area contributed by atoms with Crippen molar-refractivity contribution in [2.24, 2.45) is 11.8 Å². The molecule has 1 aromatic rings. The van der Waals surface area contributed by atoms with E-state index in [9.17, 15) is 19.8 Å². The molecule has 0 heterocycles. The van der Waals surface area contributed by atoms with Crippen molar-refractivity contribution in [3.63, 3.8) is 0 Å². The van der Waals surface area contributed by atoms with Gasteiger partial charge in [-0.2, -0.15) is 0 Å². The quantitative estimate of drug-likeness (QED) is 0.0671. The fourth-order valence-electron chi connectivity index (χ4n) is 5.52. The molecule has 10 heteroatoms. The highest BCUT2D eigenvalue weighted by Gasteiger charge is 2.30. The van der Waals surface area contributed by atoms with Gasteiger partial charge in [-0.3, -0.25) is 0 Å². The van der Waals surface area contributed by atoms with E-state index in [-0.39, 0.29) is 22.3 Å². The summed E-state index contributed by atoms with van der Waals surface area (Å²) in [6.07, 6.45) is 6.12. The number of unbranched alkanes of at least 4 members (excludes halogenated alkanes) is 2. The van der Waals surface area contributed by atoms with Crippen LogP contribution >= 0.6 is 0 Å². The normalized spacial score (nSPS) is 15.7. The van der Waals surface area contributed by atoms with E-state index >= 15 is 0 Å². The molecule has 0 spiro atoms. The van der Waals surface area contributed by atoms with Gasteiger partial charge in [0.05, 0.1) is 49.8 Å². The van der Waals surface area contributed by atoms with E-state index in [4.69, 9.17) is 28.4 Å². The highest BCUT2D eigenvalue weighted by Crippen LogP contribution is 2.35. The van der Waals surface area contributed by atoms with E-state index in [1.54, 1.807) is 27.7 Å². The minimum atomic E-state index is -1.20. The topological polar surface area (TPSA) is 130 Å². The summed E-state index contributed by atoms with van der Waals surface area (Å²) in [5, 5.41) is 20.1. The van der Waals surface area contributed by atoms with Crippen LogP contribution in [-0.2, 0) is 28.4 Å². The first kappa shape index (κ1) is 41.9. The number of carboxylic acids is 2. The molecule has 0 bridgehead atoms. The standard InChI is InChI=1S/C36H62O10/c1-9-13-15-29(11-3)23-41-19-21-43-27(7)45-25(5)33-31(35(37)38)17-18-32(36(39)40)34(33)26(6)46-28(8)44-22-20-42-24-30(12-4)16-14-10-2/h17-18,25-30H,9-16,19-24H2,1-8H3,(H,37,38)(H,39,40). The van der Waals surface area contributed by atoms with Crippen LogP contribution in [0.15, 0.2) is 12.1 Å². The molecule has 0 aliphatic rings. The Morgan fingerprint density at radius 2 is 1.00 bits per heavy atom. The van der Waals surface area contributed by atoms with Crippen LogP contribution in [0.1, 0.15) is 151 Å². The molecule has 266 valence electrons. The zero-order chi connectivity index (χ0) is 34.5. The van der Waals surface area contributed by atoms with Crippen LogP contribution in [0.5, 0.6) is 0 Å². The summed E-state index contributed by atoms with van der Waals surface area (Å²) >= 11 is 0. The third kappa shape index (κ3) is 15.7. The zero-order valence-electron chi connectivity index (χ0n) is 29.7. The molecule has 46 heavy (non-hydrogen) atoms. The molecule has 0 amide bonds. The van der Waals surface area contributed by atoms with Crippen molar-refractivity contribution in [2.45, 2.75) is 132 Å². The van der Waals surface area contributed by atoms with Gasteiger partial charge < -0.3 is 38.6 Å². The highest BCUT2D eigenvalue weighted by atomic mass is 16.7. The van der Waals surface area contributed by atoms with Crippen molar-refractivity contribution in [1.29, 1.82) is 0 Å². The molecule has 10 nitrogen and oxygen atoms in total. The van der Waals surface area contributed by atoms with Gasteiger partial charge in [-0.05, 0) is 64.5 Å². The fraction of sp³-hybridized carbons (Fsp3) is 0.778. The number of aromatic carboxylic acids is 2. The van der Waals surface area contributed by atoms with Gasteiger partial charge in [-0.1, -0.05) is 66.2 Å². The Hall–Kier alpha value is -2.08. The average Bonchev–Trinajstić information content (AvgIpc) is 3.02. The lowest BCUT2D eigenvalue weighted by atomic mass is 9.89. The summed E-state index contributed by atoms with van der Waals surface area (Å²) in [7, 11) is 0. The van der Waals surface area contributed by atoms with Gasteiger partial charge >= 0.3 is 11.9 Å². The fourth-order valence-corrected chi connectivity index (χ4v) is 5.52. The Balaban J connectivity index is 2.89. The second kappa shape index (κ2) is 24.1. The smallest absolute Gasteiger partial charge is 0.336 e. The lowest BCUT2D eigenvalue weighted by Crippen LogP contribution is -2.24. The van der Waals surface area contributed by atoms with Gasteiger partial charge in [-0.25, -0.2) is 9.59 Å². The minimum Gasteiger partial charge on any atom is -0.478 e. The molecule has 6 atom stereocenters. The molecule has 0 fully saturated rings. The van der Waals surface area contributed by atoms with E-state index in [1.807, 2.05) is 0 Å². The summed E-state index contributed by atoms with van der Waals surface area (Å²) in [4.78, 5) is 24.6. The third-order valence-corrected chi connectivity index (χ3v) is 8.31. The van der Waals surface area contributed by atoms with E-state index in [1.165, 1.54) is 37.8 Å². The number of carbonyl (C=O) groups is 2. The Morgan fingerprint density at radius 1 is 0.630 bits per heavy atom. The second-order valence-corrected chi connectivity index (χ2v) is 12.0. The predicted octanol–water partition coefficient (Wildman–Crippen LogP) is 8.43. The number of rotatable bonds is 28. The van der Waals surface area contributed by atoms with Crippen molar-refractivity contribution in [3.8, 4) is 0 Å². The van der Waals surface area contributed by atoms with Crippen molar-refractivity contribution in [2.75, 3.05) is 39.6 Å². The zero-order valence-corrected chi connectivity index (χ0v) is 29.7. The maximum atomic E-state index is 12.3. The molecular formula is C36H62O10. The number of hydrogen-bond donors (Lipinski definition) is 2. The molecule has 0 saturated carbocycles. The minimum absolute atomic E-state index is 0.0632. The highest BCUT2D eigenvalue weighted by molar-refractivity contribution is 5.95. The van der Waals surface area contributed by atoms with Crippen molar-refractivity contribution >= 4 is 11.9 Å². The number of benzene rings is 1. The lowest BCUT2D eigenvalue weighted by molar-refractivity contribution is -0.170. The molecule has 1 rings (SSSR count). The Bertz CT molecular complexity index is 907. The van der Waals surface area contributed by atoms with Crippen LogP contribution in [-0.4, -0.2) is 74.4 Å². The van der Waals surface area contributed by atoms with Gasteiger partial charge in [0.2, 0.25) is 0 Å². The van der Waals surface area contributed by atoms with E-state index in [0.717, 1.165) is 25.7 Å². The Morgan fingerprint density at radius 3 is 1.30 bits per heavy atom. The molecule has 1 aromatic carbocycles. The van der Waals surface area contributed by atoms with Crippen molar-refractivity contribution in [1.82, 2.24) is 0 Å². The largest absolute Gasteiger partial charge is 0.478 e. The summed E-state index contributed by atoms with van der Waals surface area (Å²) in [6.45, 7) is 18.3. The van der Waals surface area contributed by atoms with Gasteiger partial charge in [0.25, 0.3) is 0 Å². The second-order valence-electron chi connectivity index (χ2n) is 12.0. The van der Waals surface area contributed by atoms with Gasteiger partial charge in [0.1, 0.15) is 0 Å². The number of hydrogen-bond acceptors (Lipinski definition) is 8. The molecular weight excluding hydrogens is 592 g/mol. The summed E-state index contributed by atoms with van der Waals surface area (Å²) in [5.41, 5.74) is 0.321. The lowest BCUT2D eigenvalue weighted by Gasteiger charge is -2.28. The number of carboxylic acid groups (broad SMARTS) is 2. The van der Waals surface area contributed by atoms with E-state index in [2.05, 4.69) is 27.7 Å². The first-order chi connectivity index (χ1) is 22.0. The monoisotopic (exact) mass is 654 g/mol. The summed E-state index contributed by atoms with van der Waals surface area (Å²) < 4.78 is 35.4. The molecule has 0 aliphatic heterocycles. The van der Waals surface area contributed by atoms with Crippen LogP contribution in [0.2, 0.25) is 0 Å². The average molecular weight is 655 g/mol. The molecule has 6 unspecified atom stereocenters. The Kier molecular flexibility index (Phi) is 22.0. The summed E-state index contributed by atoms with van der Waals surface area (Å²) in [6, 6.07) is 2.58. The molecule has 0 saturated heterocycles. The van der Waals surface area contributed by atoms with Crippen molar-refractivity contribution in [3.05, 3.63) is 34.4 Å². The SMILES string of the molecule is CCCCC(CC)COCCOC(C)OC(C)c1c(C(=O)O)ccc(C(=O)O)c1C(C)OC(C)OCCOCC(CC)CCCC. The molecule has 0 aromatic heterocycles. The molecule has 0 aliphatic carbocycles. The number of ether oxygens (including phenoxy) is 6. The van der Waals surface area contributed by atoms with E-state index < -0.39 is 36.7 Å². The maximum absolute atomic E-state index is 12.3. The molecule has 0 radical (unpaired) electrons. The van der Waals surface area contributed by atoms with E-state index in [0.29, 0.717) is 51.5 Å². The van der Waals surface area contributed by atoms with Crippen LogP contribution in [0.3, 0.4) is 0 Å². The van der Waals surface area contributed by atoms with Gasteiger partial charge in [0.15, 0.2) is 12.6 Å². The van der Waals surface area contributed by atoms with Crippen LogP contribution in [0.25, 0.3) is 0 Å². The van der Waals surface area contributed by atoms with Crippen LogP contribution in [0, 0.1) is 11.8 Å². The third-order valence-electron chi connectivity index (χ3n) is 8.31. The van der Waals surface area contributed by atoms with Gasteiger partial charge in [0, 0.05) is 24.3 Å². The van der Waals surface area contributed by atoms with Crippen LogP contribution in [0.4, 0.5) is 0 Å². The van der Waals surface area contributed by atoms with Crippen molar-refractivity contribution < 1.29 is 48.2 Å². The van der Waals surface area contributed by atoms with Crippen LogP contribution < -0.4 is 0 Å². The predicted molar refractivity (Wildman–Crippen MR) is 178 cm³/mol.